The van der Waals surface area contributed by atoms with Crippen molar-refractivity contribution in [2.24, 2.45) is 0 Å². The van der Waals surface area contributed by atoms with Gasteiger partial charge in [-0.05, 0) is 6.42 Å². The van der Waals surface area contributed by atoms with Gasteiger partial charge in [0.2, 0.25) is 0 Å². The summed E-state index contributed by atoms with van der Waals surface area (Å²) in [6, 6.07) is 0. The van der Waals surface area contributed by atoms with E-state index in [4.69, 9.17) is 5.11 Å². The van der Waals surface area contributed by atoms with Gasteiger partial charge in [0.1, 0.15) is 0 Å². The smallest absolute Gasteiger partial charge is 0.772 e. The molecular weight excluding hydrogens is 255 g/mol. The van der Waals surface area contributed by atoms with Gasteiger partial charge in [0.05, 0.1) is 6.42 Å². The van der Waals surface area contributed by atoms with Gasteiger partial charge >= 0.3 is 35.5 Å². The Morgan fingerprint density at radius 3 is 2.43 bits per heavy atom. The Morgan fingerprint density at radius 1 is 1.36 bits per heavy atom. The first-order valence-electron chi connectivity index (χ1n) is 3.65. The molecule has 1 unspecified atom stereocenters. The summed E-state index contributed by atoms with van der Waals surface area (Å²) in [6.45, 7) is 0. The van der Waals surface area contributed by atoms with Gasteiger partial charge in [-0.15, -0.1) is 0 Å². The fraction of sp³-hybridized carbons (Fsp3) is 0.833. The van der Waals surface area contributed by atoms with Crippen molar-refractivity contribution in [2.75, 3.05) is 17.3 Å². The molecule has 0 radical (unpaired) electrons. The summed E-state index contributed by atoms with van der Waals surface area (Å²) in [7, 11) is 2.99. The normalized spacial score (nSPS) is 11.8. The molecule has 0 aromatic heterocycles. The van der Waals surface area contributed by atoms with E-state index in [2.05, 4.69) is 0 Å². The average Bonchev–Trinajstić information content (AvgIpc) is 2.01. The number of carboxylic acids is 1. The molecule has 78 valence electrons. The van der Waals surface area contributed by atoms with E-state index < -0.39 is 17.0 Å². The monoisotopic (exact) mass is 266 g/mol. The second-order valence-corrected chi connectivity index (χ2v) is 5.87. The van der Waals surface area contributed by atoms with Gasteiger partial charge in [0.25, 0.3) is 0 Å². The minimum absolute atomic E-state index is 0. The Bertz CT molecular complexity index is 160. The van der Waals surface area contributed by atoms with Crippen LogP contribution >= 0.6 is 21.6 Å². The van der Waals surface area contributed by atoms with Crippen molar-refractivity contribution in [3.05, 3.63) is 0 Å². The number of carbonyl (C=O) groups is 1. The van der Waals surface area contributed by atoms with Crippen molar-refractivity contribution in [1.82, 2.24) is 0 Å². The van der Waals surface area contributed by atoms with E-state index in [9.17, 15) is 13.6 Å². The van der Waals surface area contributed by atoms with Gasteiger partial charge in [-0.2, -0.15) is 0 Å². The van der Waals surface area contributed by atoms with Crippen molar-refractivity contribution in [1.29, 1.82) is 0 Å². The van der Waals surface area contributed by atoms with Crippen molar-refractivity contribution in [3.8, 4) is 0 Å². The molecule has 0 rings (SSSR count). The molecule has 8 heteroatoms. The minimum atomic E-state index is -1.95. The second kappa shape index (κ2) is 12.4. The van der Waals surface area contributed by atoms with Crippen molar-refractivity contribution in [3.63, 3.8) is 0 Å². The molecule has 0 fully saturated rings. The molecule has 0 amide bonds. The summed E-state index contributed by atoms with van der Waals surface area (Å²) in [4.78, 5) is 10.1. The molecule has 0 heterocycles. The van der Waals surface area contributed by atoms with Gasteiger partial charge in [-0.25, -0.2) is 0 Å². The maximum Gasteiger partial charge on any atom is 1.00 e. The SMILES string of the molecule is O=C(O)CCSSCCCS(=O)[O-].[Na+]. The van der Waals surface area contributed by atoms with Gasteiger partial charge in [0, 0.05) is 17.3 Å². The van der Waals surface area contributed by atoms with Gasteiger partial charge in [-0.3, -0.25) is 9.00 Å². The molecule has 0 aliphatic heterocycles. The average molecular weight is 266 g/mol. The molecule has 0 saturated heterocycles. The van der Waals surface area contributed by atoms with Crippen LogP contribution in [0, 0.1) is 0 Å². The molecule has 14 heavy (non-hydrogen) atoms. The van der Waals surface area contributed by atoms with Crippen LogP contribution in [0.2, 0.25) is 0 Å². The molecule has 0 aliphatic rings. The van der Waals surface area contributed by atoms with Crippen molar-refractivity contribution >= 4 is 38.6 Å². The largest absolute Gasteiger partial charge is 1.00 e. The molecule has 1 atom stereocenters. The summed E-state index contributed by atoms with van der Waals surface area (Å²) in [6.07, 6.45) is 0.784. The molecule has 0 saturated carbocycles. The Balaban J connectivity index is 0. The Morgan fingerprint density at radius 2 is 1.93 bits per heavy atom. The number of hydrogen-bond donors (Lipinski definition) is 1. The van der Waals surface area contributed by atoms with Crippen LogP contribution in [-0.4, -0.2) is 37.1 Å². The van der Waals surface area contributed by atoms with E-state index in [1.165, 1.54) is 21.6 Å². The van der Waals surface area contributed by atoms with E-state index in [0.717, 1.165) is 5.75 Å². The predicted molar refractivity (Wildman–Crippen MR) is 55.6 cm³/mol. The maximum atomic E-state index is 10.1. The summed E-state index contributed by atoms with van der Waals surface area (Å²) in [5, 5.41) is 8.28. The predicted octanol–water partition coefficient (Wildman–Crippen LogP) is -1.88. The van der Waals surface area contributed by atoms with E-state index in [-0.39, 0.29) is 41.7 Å². The molecule has 0 spiro atoms. The first-order chi connectivity index (χ1) is 6.13. The third-order valence-electron chi connectivity index (χ3n) is 1.02. The van der Waals surface area contributed by atoms with Crippen LogP contribution in [0.5, 0.6) is 0 Å². The molecule has 0 bridgehead atoms. The molecular formula is C6H11NaO4S3. The van der Waals surface area contributed by atoms with E-state index in [0.29, 0.717) is 12.2 Å². The first kappa shape index (κ1) is 17.7. The van der Waals surface area contributed by atoms with Gasteiger partial charge in [0.15, 0.2) is 0 Å². The zero-order valence-corrected chi connectivity index (χ0v) is 12.4. The van der Waals surface area contributed by atoms with Crippen molar-refractivity contribution in [2.45, 2.75) is 12.8 Å². The molecule has 0 aromatic rings. The van der Waals surface area contributed by atoms with Crippen LogP contribution in [0.1, 0.15) is 12.8 Å². The molecule has 4 nitrogen and oxygen atoms in total. The number of carboxylic acid groups (broad SMARTS) is 1. The van der Waals surface area contributed by atoms with Crippen LogP contribution in [0.4, 0.5) is 0 Å². The zero-order chi connectivity index (χ0) is 10.1. The summed E-state index contributed by atoms with van der Waals surface area (Å²) < 4.78 is 20.2. The summed E-state index contributed by atoms with van der Waals surface area (Å²) in [5.74, 6) is 0.708. The second-order valence-electron chi connectivity index (χ2n) is 2.15. The fourth-order valence-electron chi connectivity index (χ4n) is 0.483. The maximum absolute atomic E-state index is 10.1. The molecule has 0 aliphatic carbocycles. The number of hydrogen-bond acceptors (Lipinski definition) is 5. The van der Waals surface area contributed by atoms with Gasteiger partial charge < -0.3 is 9.66 Å². The Hall–Kier alpha value is 1.28. The summed E-state index contributed by atoms with van der Waals surface area (Å²) in [5.41, 5.74) is 0. The van der Waals surface area contributed by atoms with E-state index in [1.807, 2.05) is 0 Å². The minimum Gasteiger partial charge on any atom is -0.772 e. The van der Waals surface area contributed by atoms with Crippen LogP contribution in [-0.2, 0) is 15.9 Å². The Kier molecular flexibility index (Phi) is 15.6. The molecule has 0 aromatic carbocycles. The van der Waals surface area contributed by atoms with Crippen LogP contribution in [0.15, 0.2) is 0 Å². The standard InChI is InChI=1S/C6H12O4S3.Na/c7-6(8)2-4-12-11-3-1-5-13(9)10;/h1-5H2,(H,7,8)(H,9,10);/q;+1/p-1. The fourth-order valence-corrected chi connectivity index (χ4v) is 3.11. The van der Waals surface area contributed by atoms with Crippen LogP contribution < -0.4 is 29.6 Å². The number of rotatable bonds is 8. The first-order valence-corrected chi connectivity index (χ1v) is 7.38. The van der Waals surface area contributed by atoms with E-state index in [1.54, 1.807) is 0 Å². The topological polar surface area (TPSA) is 77.4 Å². The number of aliphatic carboxylic acids is 1. The van der Waals surface area contributed by atoms with Crippen molar-refractivity contribution < 1.29 is 48.2 Å². The molecule has 1 N–H and O–H groups in total. The summed E-state index contributed by atoms with van der Waals surface area (Å²) >= 11 is -1.95. The zero-order valence-electron chi connectivity index (χ0n) is 7.93. The Labute approximate surface area is 116 Å². The third kappa shape index (κ3) is 15.7. The van der Waals surface area contributed by atoms with Crippen LogP contribution in [0.3, 0.4) is 0 Å². The van der Waals surface area contributed by atoms with Gasteiger partial charge in [-0.1, -0.05) is 32.7 Å². The van der Waals surface area contributed by atoms with E-state index >= 15 is 0 Å². The van der Waals surface area contributed by atoms with Crippen LogP contribution in [0.25, 0.3) is 0 Å². The quantitative estimate of drug-likeness (QED) is 0.240. The third-order valence-corrected chi connectivity index (χ3v) is 4.14.